The molecule has 1 unspecified atom stereocenters. The van der Waals surface area contributed by atoms with Gasteiger partial charge in [-0.1, -0.05) is 22.0 Å². The molecule has 0 fully saturated rings. The Labute approximate surface area is 167 Å². The van der Waals surface area contributed by atoms with Gasteiger partial charge >= 0.3 is 5.97 Å². The Morgan fingerprint density at radius 3 is 2.69 bits per heavy atom. The standard InChI is InChI=1S/C18H15BrN2O3S2/c1-11(17(23)20-13-6-4-12(19)5-7-13)24-16(22)9-14-10-26-18(21-14)15-3-2-8-25-15/h2-8,10-11H,9H2,1H3,(H,20,23). The molecule has 0 bridgehead atoms. The fourth-order valence-corrected chi connectivity index (χ4v) is 4.02. The van der Waals surface area contributed by atoms with Crippen molar-refractivity contribution in [3.8, 4) is 9.88 Å². The Morgan fingerprint density at radius 1 is 1.23 bits per heavy atom. The number of halogens is 1. The van der Waals surface area contributed by atoms with Crippen molar-refractivity contribution in [1.82, 2.24) is 4.98 Å². The highest BCUT2D eigenvalue weighted by molar-refractivity contribution is 9.10. The summed E-state index contributed by atoms with van der Waals surface area (Å²) in [6, 6.07) is 11.1. The van der Waals surface area contributed by atoms with Gasteiger partial charge in [0.2, 0.25) is 0 Å². The molecule has 5 nitrogen and oxygen atoms in total. The minimum absolute atomic E-state index is 0.0395. The van der Waals surface area contributed by atoms with Crippen LogP contribution in [0.2, 0.25) is 0 Å². The van der Waals surface area contributed by atoms with Crippen LogP contribution in [0.1, 0.15) is 12.6 Å². The Hall–Kier alpha value is -2.03. The van der Waals surface area contributed by atoms with Crippen LogP contribution in [0.4, 0.5) is 5.69 Å². The van der Waals surface area contributed by atoms with Gasteiger partial charge in [-0.2, -0.15) is 0 Å². The number of nitrogens with zero attached hydrogens (tertiary/aromatic N) is 1. The van der Waals surface area contributed by atoms with Crippen LogP contribution in [-0.4, -0.2) is 23.0 Å². The van der Waals surface area contributed by atoms with Crippen molar-refractivity contribution in [2.45, 2.75) is 19.4 Å². The first-order chi connectivity index (χ1) is 12.5. The number of amides is 1. The summed E-state index contributed by atoms with van der Waals surface area (Å²) in [6.07, 6.45) is -0.848. The zero-order chi connectivity index (χ0) is 18.5. The van der Waals surface area contributed by atoms with Gasteiger partial charge in [0, 0.05) is 15.5 Å². The normalized spacial score (nSPS) is 11.8. The lowest BCUT2D eigenvalue weighted by Crippen LogP contribution is -2.30. The van der Waals surface area contributed by atoms with Crippen LogP contribution in [0.25, 0.3) is 9.88 Å². The topological polar surface area (TPSA) is 68.3 Å². The second-order valence-electron chi connectivity index (χ2n) is 5.43. The monoisotopic (exact) mass is 450 g/mol. The van der Waals surface area contributed by atoms with Crippen molar-refractivity contribution < 1.29 is 14.3 Å². The van der Waals surface area contributed by atoms with Crippen molar-refractivity contribution in [1.29, 1.82) is 0 Å². The van der Waals surface area contributed by atoms with Gasteiger partial charge in [-0.15, -0.1) is 22.7 Å². The number of thiophene rings is 1. The third-order valence-electron chi connectivity index (χ3n) is 3.40. The molecule has 1 N–H and O–H groups in total. The number of nitrogens with one attached hydrogen (secondary N) is 1. The number of rotatable bonds is 6. The van der Waals surface area contributed by atoms with Crippen LogP contribution in [0.5, 0.6) is 0 Å². The molecule has 0 aliphatic rings. The van der Waals surface area contributed by atoms with Crippen molar-refractivity contribution in [3.05, 3.63) is 57.3 Å². The molecular formula is C18H15BrN2O3S2. The van der Waals surface area contributed by atoms with Crippen molar-refractivity contribution in [2.24, 2.45) is 0 Å². The molecule has 1 atom stereocenters. The van der Waals surface area contributed by atoms with E-state index in [0.717, 1.165) is 14.4 Å². The number of aromatic nitrogens is 1. The predicted octanol–water partition coefficient (Wildman–Crippen LogP) is 4.75. The molecule has 1 amide bonds. The molecular weight excluding hydrogens is 436 g/mol. The molecule has 1 aromatic carbocycles. The second-order valence-corrected chi connectivity index (χ2v) is 8.15. The average Bonchev–Trinajstić information content (AvgIpc) is 3.28. The van der Waals surface area contributed by atoms with Gasteiger partial charge in [0.1, 0.15) is 5.01 Å². The zero-order valence-corrected chi connectivity index (χ0v) is 17.0. The maximum Gasteiger partial charge on any atom is 0.312 e. The largest absolute Gasteiger partial charge is 0.452 e. The molecule has 3 aromatic rings. The first-order valence-corrected chi connectivity index (χ1v) is 10.3. The van der Waals surface area contributed by atoms with Crippen molar-refractivity contribution in [2.75, 3.05) is 5.32 Å². The number of hydrogen-bond acceptors (Lipinski definition) is 6. The zero-order valence-electron chi connectivity index (χ0n) is 13.8. The van der Waals surface area contributed by atoms with E-state index in [1.807, 2.05) is 35.0 Å². The van der Waals surface area contributed by atoms with Gasteiger partial charge in [-0.25, -0.2) is 4.98 Å². The smallest absolute Gasteiger partial charge is 0.312 e. The maximum atomic E-state index is 12.1. The van der Waals surface area contributed by atoms with Crippen molar-refractivity contribution >= 4 is 56.2 Å². The molecule has 0 aliphatic heterocycles. The minimum atomic E-state index is -0.887. The molecule has 26 heavy (non-hydrogen) atoms. The number of carbonyl (C=O) groups excluding carboxylic acids is 2. The van der Waals surface area contributed by atoms with Gasteiger partial charge in [-0.05, 0) is 42.6 Å². The van der Waals surface area contributed by atoms with Crippen LogP contribution >= 0.6 is 38.6 Å². The molecule has 0 spiro atoms. The Bertz CT molecular complexity index is 892. The van der Waals surface area contributed by atoms with Crippen molar-refractivity contribution in [3.63, 3.8) is 0 Å². The third kappa shape index (κ3) is 5.00. The first-order valence-electron chi connectivity index (χ1n) is 7.75. The molecule has 0 radical (unpaired) electrons. The molecule has 0 saturated heterocycles. The number of carbonyl (C=O) groups is 2. The van der Waals surface area contributed by atoms with Crippen LogP contribution in [-0.2, 0) is 20.7 Å². The van der Waals surface area contributed by atoms with E-state index in [1.165, 1.54) is 11.3 Å². The average molecular weight is 451 g/mol. The van der Waals surface area contributed by atoms with Gasteiger partial charge in [0.25, 0.3) is 5.91 Å². The number of anilines is 1. The van der Waals surface area contributed by atoms with Gasteiger partial charge in [0.15, 0.2) is 6.10 Å². The quantitative estimate of drug-likeness (QED) is 0.550. The summed E-state index contributed by atoms with van der Waals surface area (Å²) in [5.41, 5.74) is 1.28. The Balaban J connectivity index is 1.52. The molecule has 0 saturated carbocycles. The lowest BCUT2D eigenvalue weighted by Gasteiger charge is -2.13. The molecule has 3 rings (SSSR count). The highest BCUT2D eigenvalue weighted by Crippen LogP contribution is 2.28. The number of esters is 1. The lowest BCUT2D eigenvalue weighted by molar-refractivity contribution is -0.152. The molecule has 0 aliphatic carbocycles. The van der Waals surface area contributed by atoms with Gasteiger partial charge in [0.05, 0.1) is 17.0 Å². The van der Waals surface area contributed by atoms with Crippen LogP contribution in [0.3, 0.4) is 0 Å². The number of ether oxygens (including phenoxy) is 1. The second kappa shape index (κ2) is 8.57. The van der Waals surface area contributed by atoms with E-state index in [1.54, 1.807) is 30.4 Å². The predicted molar refractivity (Wildman–Crippen MR) is 107 cm³/mol. The summed E-state index contributed by atoms with van der Waals surface area (Å²) >= 11 is 6.42. The molecule has 8 heteroatoms. The van der Waals surface area contributed by atoms with E-state index in [2.05, 4.69) is 26.2 Å². The van der Waals surface area contributed by atoms with E-state index in [9.17, 15) is 9.59 Å². The van der Waals surface area contributed by atoms with Crippen LogP contribution in [0, 0.1) is 0 Å². The summed E-state index contributed by atoms with van der Waals surface area (Å²) in [5, 5.41) is 7.41. The molecule has 134 valence electrons. The Kier molecular flexibility index (Phi) is 6.18. The fourth-order valence-electron chi connectivity index (χ4n) is 2.12. The maximum absolute atomic E-state index is 12.1. The summed E-state index contributed by atoms with van der Waals surface area (Å²) < 4.78 is 6.14. The van der Waals surface area contributed by atoms with Gasteiger partial charge < -0.3 is 10.1 Å². The summed E-state index contributed by atoms with van der Waals surface area (Å²) in [6.45, 7) is 1.55. The first kappa shape index (κ1) is 18.8. The summed E-state index contributed by atoms with van der Waals surface area (Å²) in [4.78, 5) is 29.7. The van der Waals surface area contributed by atoms with E-state index < -0.39 is 12.1 Å². The third-order valence-corrected chi connectivity index (χ3v) is 5.86. The van der Waals surface area contributed by atoms with E-state index in [4.69, 9.17) is 4.74 Å². The summed E-state index contributed by atoms with van der Waals surface area (Å²) in [7, 11) is 0. The van der Waals surface area contributed by atoms with Crippen LogP contribution in [0.15, 0.2) is 51.6 Å². The fraction of sp³-hybridized carbons (Fsp3) is 0.167. The van der Waals surface area contributed by atoms with E-state index >= 15 is 0 Å². The highest BCUT2D eigenvalue weighted by Gasteiger charge is 2.19. The lowest BCUT2D eigenvalue weighted by atomic mass is 10.3. The van der Waals surface area contributed by atoms with E-state index in [-0.39, 0.29) is 12.3 Å². The highest BCUT2D eigenvalue weighted by atomic mass is 79.9. The number of hydrogen-bond donors (Lipinski definition) is 1. The number of benzene rings is 1. The summed E-state index contributed by atoms with van der Waals surface area (Å²) in [5.74, 6) is -0.857. The Morgan fingerprint density at radius 2 is 2.00 bits per heavy atom. The molecule has 2 aromatic heterocycles. The van der Waals surface area contributed by atoms with E-state index in [0.29, 0.717) is 11.4 Å². The number of thiazole rings is 1. The molecule has 2 heterocycles. The van der Waals surface area contributed by atoms with Crippen LogP contribution < -0.4 is 5.32 Å². The van der Waals surface area contributed by atoms with Gasteiger partial charge in [-0.3, -0.25) is 9.59 Å². The SMILES string of the molecule is CC(OC(=O)Cc1csc(-c2cccs2)n1)C(=O)Nc1ccc(Br)cc1. The minimum Gasteiger partial charge on any atom is -0.452 e.